The van der Waals surface area contributed by atoms with Crippen molar-refractivity contribution in [1.29, 1.82) is 0 Å². The molecule has 5 heteroatoms. The van der Waals surface area contributed by atoms with E-state index >= 15 is 0 Å². The number of likely N-dealkylation sites (tertiary alicyclic amines) is 1. The third-order valence-electron chi connectivity index (χ3n) is 3.63. The van der Waals surface area contributed by atoms with E-state index in [0.29, 0.717) is 0 Å². The molecule has 1 saturated heterocycles. The maximum atomic E-state index is 5.04. The summed E-state index contributed by atoms with van der Waals surface area (Å²) in [4.78, 5) is 4.03. The van der Waals surface area contributed by atoms with E-state index in [-0.39, 0.29) is 0 Å². The first-order valence-electron chi connectivity index (χ1n) is 6.94. The Morgan fingerprint density at radius 2 is 2.21 bits per heavy atom. The van der Waals surface area contributed by atoms with Crippen LogP contribution in [0.25, 0.3) is 0 Å². The molecule has 1 aromatic rings. The number of thiophene rings is 1. The molecular weight excluding hydrogens is 324 g/mol. The van der Waals surface area contributed by atoms with Crippen molar-refractivity contribution in [2.45, 2.75) is 19.4 Å². The van der Waals surface area contributed by atoms with Gasteiger partial charge in [0, 0.05) is 25.1 Å². The summed E-state index contributed by atoms with van der Waals surface area (Å²) in [5.74, 6) is 0.836. The molecule has 3 nitrogen and oxygen atoms in total. The summed E-state index contributed by atoms with van der Waals surface area (Å²) < 4.78 is 6.28. The molecule has 0 atom stereocenters. The summed E-state index contributed by atoms with van der Waals surface area (Å²) in [5, 5.41) is 3.48. The lowest BCUT2D eigenvalue weighted by molar-refractivity contribution is 0.169. The lowest BCUT2D eigenvalue weighted by Gasteiger charge is -2.31. The first kappa shape index (κ1) is 15.4. The predicted molar refractivity (Wildman–Crippen MR) is 84.8 cm³/mol. The Bertz CT molecular complexity index is 364. The number of rotatable bonds is 7. The molecule has 0 radical (unpaired) electrons. The van der Waals surface area contributed by atoms with Crippen LogP contribution < -0.4 is 5.32 Å². The topological polar surface area (TPSA) is 24.5 Å². The lowest BCUT2D eigenvalue weighted by atomic mass is 9.97. The van der Waals surface area contributed by atoms with Gasteiger partial charge in [0.1, 0.15) is 0 Å². The standard InChI is InChI=1S/C14H23BrN2OS/c1-18-9-6-16-10-12-4-7-17(8-5-12)11-13-2-3-14(15)19-13/h2-3,12,16H,4-11H2,1H3. The van der Waals surface area contributed by atoms with Crippen molar-refractivity contribution in [3.63, 3.8) is 0 Å². The van der Waals surface area contributed by atoms with Gasteiger partial charge in [-0.15, -0.1) is 11.3 Å². The number of ether oxygens (including phenoxy) is 1. The lowest BCUT2D eigenvalue weighted by Crippen LogP contribution is -2.37. The van der Waals surface area contributed by atoms with Gasteiger partial charge >= 0.3 is 0 Å². The molecule has 0 bridgehead atoms. The van der Waals surface area contributed by atoms with Gasteiger partial charge < -0.3 is 10.1 Å². The van der Waals surface area contributed by atoms with Gasteiger partial charge in [0.2, 0.25) is 0 Å². The molecule has 0 aliphatic carbocycles. The third-order valence-corrected chi connectivity index (χ3v) is 5.24. The minimum absolute atomic E-state index is 0.812. The average molecular weight is 347 g/mol. The minimum atomic E-state index is 0.812. The van der Waals surface area contributed by atoms with Crippen LogP contribution in [0.5, 0.6) is 0 Å². The van der Waals surface area contributed by atoms with E-state index in [0.717, 1.165) is 32.2 Å². The Morgan fingerprint density at radius 1 is 1.42 bits per heavy atom. The van der Waals surface area contributed by atoms with Gasteiger partial charge in [-0.2, -0.15) is 0 Å². The SMILES string of the molecule is COCCNCC1CCN(Cc2ccc(Br)s2)CC1. The van der Waals surface area contributed by atoms with E-state index in [1.165, 1.54) is 34.6 Å². The van der Waals surface area contributed by atoms with Crippen LogP contribution in [0.1, 0.15) is 17.7 Å². The van der Waals surface area contributed by atoms with E-state index in [1.807, 2.05) is 11.3 Å². The monoisotopic (exact) mass is 346 g/mol. The second-order valence-corrected chi connectivity index (χ2v) is 7.67. The zero-order valence-corrected chi connectivity index (χ0v) is 13.9. The van der Waals surface area contributed by atoms with E-state index in [1.54, 1.807) is 7.11 Å². The van der Waals surface area contributed by atoms with Crippen LogP contribution in [0.15, 0.2) is 15.9 Å². The molecule has 0 unspecified atom stereocenters. The van der Waals surface area contributed by atoms with Crippen LogP contribution in [0.3, 0.4) is 0 Å². The molecule has 1 aliphatic rings. The molecule has 0 amide bonds. The van der Waals surface area contributed by atoms with Gasteiger partial charge in [0.15, 0.2) is 0 Å². The van der Waals surface area contributed by atoms with Crippen LogP contribution in [0.2, 0.25) is 0 Å². The minimum Gasteiger partial charge on any atom is -0.383 e. The Kier molecular flexibility index (Phi) is 6.81. The maximum absolute atomic E-state index is 5.04. The predicted octanol–water partition coefficient (Wildman–Crippen LogP) is 2.96. The second kappa shape index (κ2) is 8.37. The van der Waals surface area contributed by atoms with Crippen LogP contribution in [0, 0.1) is 5.92 Å². The number of nitrogens with zero attached hydrogens (tertiary/aromatic N) is 1. The first-order valence-corrected chi connectivity index (χ1v) is 8.55. The molecule has 0 saturated carbocycles. The molecule has 0 aromatic carbocycles. The van der Waals surface area contributed by atoms with E-state index in [4.69, 9.17) is 4.74 Å². The molecule has 1 aromatic heterocycles. The number of nitrogens with one attached hydrogen (secondary N) is 1. The van der Waals surface area contributed by atoms with Gasteiger partial charge in [0.25, 0.3) is 0 Å². The highest BCUT2D eigenvalue weighted by Crippen LogP contribution is 2.25. The molecule has 19 heavy (non-hydrogen) atoms. The molecule has 2 rings (SSSR count). The molecule has 1 aliphatic heterocycles. The van der Waals surface area contributed by atoms with Gasteiger partial charge in [-0.3, -0.25) is 4.90 Å². The fourth-order valence-corrected chi connectivity index (χ4v) is 4.01. The smallest absolute Gasteiger partial charge is 0.0701 e. The highest BCUT2D eigenvalue weighted by molar-refractivity contribution is 9.11. The number of piperidine rings is 1. The molecule has 108 valence electrons. The van der Waals surface area contributed by atoms with Crippen molar-refractivity contribution < 1.29 is 4.74 Å². The molecule has 1 fully saturated rings. The van der Waals surface area contributed by atoms with Crippen LogP contribution in [0.4, 0.5) is 0 Å². The molecule has 0 spiro atoms. The van der Waals surface area contributed by atoms with Gasteiger partial charge in [-0.1, -0.05) is 0 Å². The highest BCUT2D eigenvalue weighted by atomic mass is 79.9. The van der Waals surface area contributed by atoms with Gasteiger partial charge in [0.05, 0.1) is 10.4 Å². The van der Waals surface area contributed by atoms with Crippen molar-refractivity contribution in [2.75, 3.05) is 39.9 Å². The number of halogens is 1. The van der Waals surface area contributed by atoms with Crippen LogP contribution in [-0.4, -0.2) is 44.8 Å². The fraction of sp³-hybridized carbons (Fsp3) is 0.714. The van der Waals surface area contributed by atoms with E-state index in [2.05, 4.69) is 38.3 Å². The largest absolute Gasteiger partial charge is 0.383 e. The van der Waals surface area contributed by atoms with Crippen molar-refractivity contribution in [3.05, 3.63) is 20.8 Å². The zero-order chi connectivity index (χ0) is 13.5. The van der Waals surface area contributed by atoms with Crippen molar-refractivity contribution in [2.24, 2.45) is 5.92 Å². The number of methoxy groups -OCH3 is 1. The fourth-order valence-electron chi connectivity index (χ4n) is 2.49. The Morgan fingerprint density at radius 3 is 2.84 bits per heavy atom. The summed E-state index contributed by atoms with van der Waals surface area (Å²) in [6.07, 6.45) is 2.62. The van der Waals surface area contributed by atoms with E-state index in [9.17, 15) is 0 Å². The first-order chi connectivity index (χ1) is 9.28. The average Bonchev–Trinajstić information content (AvgIpc) is 2.82. The quantitative estimate of drug-likeness (QED) is 0.768. The molecular formula is C14H23BrN2OS. The van der Waals surface area contributed by atoms with Crippen molar-refractivity contribution in [1.82, 2.24) is 10.2 Å². The molecule has 2 heterocycles. The van der Waals surface area contributed by atoms with Crippen molar-refractivity contribution in [3.8, 4) is 0 Å². The van der Waals surface area contributed by atoms with E-state index < -0.39 is 0 Å². The summed E-state index contributed by atoms with van der Waals surface area (Å²) in [6, 6.07) is 4.37. The number of hydrogen-bond donors (Lipinski definition) is 1. The third kappa shape index (κ3) is 5.52. The zero-order valence-electron chi connectivity index (χ0n) is 11.5. The highest BCUT2D eigenvalue weighted by Gasteiger charge is 2.19. The summed E-state index contributed by atoms with van der Waals surface area (Å²) in [6.45, 7) is 6.49. The Hall–Kier alpha value is 0.0600. The van der Waals surface area contributed by atoms with Crippen LogP contribution in [-0.2, 0) is 11.3 Å². The van der Waals surface area contributed by atoms with Crippen molar-refractivity contribution >= 4 is 27.3 Å². The normalized spacial score (nSPS) is 18.0. The molecule has 1 N–H and O–H groups in total. The van der Waals surface area contributed by atoms with Crippen LogP contribution >= 0.6 is 27.3 Å². The van der Waals surface area contributed by atoms with Gasteiger partial charge in [-0.05, 0) is 66.5 Å². The Labute approximate surface area is 128 Å². The number of hydrogen-bond acceptors (Lipinski definition) is 4. The summed E-state index contributed by atoms with van der Waals surface area (Å²) >= 11 is 5.38. The second-order valence-electron chi connectivity index (χ2n) is 5.12. The van der Waals surface area contributed by atoms with Gasteiger partial charge in [-0.25, -0.2) is 0 Å². The maximum Gasteiger partial charge on any atom is 0.0701 e. The summed E-state index contributed by atoms with van der Waals surface area (Å²) in [5.41, 5.74) is 0. The Balaban J connectivity index is 1.62. The summed E-state index contributed by atoms with van der Waals surface area (Å²) in [7, 11) is 1.75.